The molecule has 0 bridgehead atoms. The van der Waals surface area contributed by atoms with E-state index in [0.717, 1.165) is 22.2 Å². The molecule has 0 fully saturated rings. The molecule has 0 aliphatic rings. The first-order valence-corrected chi connectivity index (χ1v) is 8.31. The van der Waals surface area contributed by atoms with E-state index in [1.54, 1.807) is 6.92 Å². The Bertz CT molecular complexity index is 952. The maximum Gasteiger partial charge on any atom is 0.417 e. The number of fused-ring (bicyclic) bond motifs is 1. The summed E-state index contributed by atoms with van der Waals surface area (Å²) in [4.78, 5) is 18.7. The summed E-state index contributed by atoms with van der Waals surface area (Å²) in [6.07, 6.45) is -3.65. The van der Waals surface area contributed by atoms with E-state index in [9.17, 15) is 23.1 Å². The lowest BCUT2D eigenvalue weighted by Crippen LogP contribution is -2.34. The molecular weight excluding hydrogens is 359 g/mol. The van der Waals surface area contributed by atoms with Crippen LogP contribution in [0.15, 0.2) is 48.7 Å². The van der Waals surface area contributed by atoms with Gasteiger partial charge in [0.2, 0.25) is 0 Å². The summed E-state index contributed by atoms with van der Waals surface area (Å²) in [7, 11) is 0. The van der Waals surface area contributed by atoms with Crippen molar-refractivity contribution in [2.45, 2.75) is 19.6 Å². The van der Waals surface area contributed by atoms with E-state index >= 15 is 0 Å². The Morgan fingerprint density at radius 1 is 1.19 bits per heavy atom. The number of carbonyl (C=O) groups is 1. The highest BCUT2D eigenvalue weighted by Gasteiger charge is 2.32. The minimum Gasteiger partial charge on any atom is -0.395 e. The lowest BCUT2D eigenvalue weighted by Gasteiger charge is -2.22. The van der Waals surface area contributed by atoms with Crippen LogP contribution in [0, 0.1) is 6.92 Å². The van der Waals surface area contributed by atoms with Crippen molar-refractivity contribution in [3.8, 4) is 0 Å². The summed E-state index contributed by atoms with van der Waals surface area (Å²) < 4.78 is 40.3. The number of aliphatic hydroxyl groups is 1. The van der Waals surface area contributed by atoms with Gasteiger partial charge in [0, 0.05) is 19.3 Å². The van der Waals surface area contributed by atoms with Gasteiger partial charge in [0.1, 0.15) is 11.3 Å². The largest absolute Gasteiger partial charge is 0.417 e. The van der Waals surface area contributed by atoms with E-state index in [-0.39, 0.29) is 31.0 Å². The van der Waals surface area contributed by atoms with E-state index in [0.29, 0.717) is 5.69 Å². The van der Waals surface area contributed by atoms with Crippen LogP contribution in [-0.2, 0) is 12.7 Å². The molecule has 1 amide bonds. The topological polar surface area (TPSA) is 57.8 Å². The van der Waals surface area contributed by atoms with E-state index in [1.807, 2.05) is 30.3 Å². The van der Waals surface area contributed by atoms with Gasteiger partial charge in [0.05, 0.1) is 17.9 Å². The van der Waals surface area contributed by atoms with Crippen LogP contribution in [0.4, 0.5) is 13.2 Å². The molecular formula is C19H18F3N3O2. The Morgan fingerprint density at radius 2 is 1.89 bits per heavy atom. The summed E-state index contributed by atoms with van der Waals surface area (Å²) in [5, 5.41) is 9.33. The average molecular weight is 377 g/mol. The number of carbonyl (C=O) groups excluding carboxylic acids is 1. The molecule has 1 aromatic carbocycles. The lowest BCUT2D eigenvalue weighted by atomic mass is 10.2. The van der Waals surface area contributed by atoms with Gasteiger partial charge >= 0.3 is 6.18 Å². The van der Waals surface area contributed by atoms with Gasteiger partial charge in [0.25, 0.3) is 5.91 Å². The number of aromatic nitrogens is 2. The zero-order chi connectivity index (χ0) is 19.6. The fourth-order valence-corrected chi connectivity index (χ4v) is 2.91. The van der Waals surface area contributed by atoms with Gasteiger partial charge in [-0.25, -0.2) is 4.98 Å². The number of nitrogens with zero attached hydrogens (tertiary/aromatic N) is 3. The molecule has 0 unspecified atom stereocenters. The fourth-order valence-electron chi connectivity index (χ4n) is 2.91. The Morgan fingerprint density at radius 3 is 2.52 bits per heavy atom. The molecule has 0 spiro atoms. The van der Waals surface area contributed by atoms with Crippen LogP contribution in [0.2, 0.25) is 0 Å². The zero-order valence-electron chi connectivity index (χ0n) is 14.6. The predicted octanol–water partition coefficient (Wildman–Crippen LogP) is 3.30. The third-order valence-corrected chi connectivity index (χ3v) is 4.20. The monoisotopic (exact) mass is 377 g/mol. The molecule has 0 aliphatic carbocycles. The highest BCUT2D eigenvalue weighted by molar-refractivity contribution is 5.94. The van der Waals surface area contributed by atoms with Gasteiger partial charge in [-0.2, -0.15) is 13.2 Å². The number of imidazole rings is 1. The summed E-state index contributed by atoms with van der Waals surface area (Å²) >= 11 is 0. The normalized spacial score (nSPS) is 11.7. The molecule has 0 saturated carbocycles. The van der Waals surface area contributed by atoms with Crippen LogP contribution >= 0.6 is 0 Å². The molecule has 0 atom stereocenters. The SMILES string of the molecule is Cc1nc2ccc(C(F)(F)F)cn2c1C(=O)N(CCO)Cc1ccccc1. The summed E-state index contributed by atoms with van der Waals surface area (Å²) in [6, 6.07) is 11.3. The van der Waals surface area contributed by atoms with E-state index < -0.39 is 17.6 Å². The molecule has 142 valence electrons. The van der Waals surface area contributed by atoms with Crippen molar-refractivity contribution in [1.82, 2.24) is 14.3 Å². The van der Waals surface area contributed by atoms with Crippen molar-refractivity contribution < 1.29 is 23.1 Å². The molecule has 8 heteroatoms. The number of hydrogen-bond acceptors (Lipinski definition) is 3. The first kappa shape index (κ1) is 18.9. The average Bonchev–Trinajstić information content (AvgIpc) is 2.96. The second-order valence-corrected chi connectivity index (χ2v) is 6.13. The number of alkyl halides is 3. The predicted molar refractivity (Wildman–Crippen MR) is 93.2 cm³/mol. The Labute approximate surface area is 153 Å². The van der Waals surface area contributed by atoms with Crippen molar-refractivity contribution in [1.29, 1.82) is 0 Å². The van der Waals surface area contributed by atoms with Crippen LogP contribution < -0.4 is 0 Å². The lowest BCUT2D eigenvalue weighted by molar-refractivity contribution is -0.137. The van der Waals surface area contributed by atoms with Gasteiger partial charge in [-0.3, -0.25) is 9.20 Å². The summed E-state index contributed by atoms with van der Waals surface area (Å²) in [5.74, 6) is -0.489. The number of amides is 1. The number of hydrogen-bond donors (Lipinski definition) is 1. The van der Waals surface area contributed by atoms with Gasteiger partial charge in [-0.1, -0.05) is 30.3 Å². The van der Waals surface area contributed by atoms with E-state index in [2.05, 4.69) is 4.98 Å². The molecule has 2 aromatic heterocycles. The smallest absolute Gasteiger partial charge is 0.395 e. The zero-order valence-corrected chi connectivity index (χ0v) is 14.6. The standard InChI is InChI=1S/C19H18F3N3O2/c1-13-17(25-12-15(19(20,21)22)7-8-16(25)23-13)18(27)24(9-10-26)11-14-5-3-2-4-6-14/h2-8,12,26H,9-11H2,1H3. The third-order valence-electron chi connectivity index (χ3n) is 4.20. The molecule has 2 heterocycles. The molecule has 1 N–H and O–H groups in total. The number of aryl methyl sites for hydroxylation is 1. The fraction of sp³-hybridized carbons (Fsp3) is 0.263. The van der Waals surface area contributed by atoms with Crippen LogP contribution in [0.1, 0.15) is 27.3 Å². The number of pyridine rings is 1. The number of benzene rings is 1. The second-order valence-electron chi connectivity index (χ2n) is 6.13. The van der Waals surface area contributed by atoms with Crippen molar-refractivity contribution in [2.75, 3.05) is 13.2 Å². The first-order chi connectivity index (χ1) is 12.8. The van der Waals surface area contributed by atoms with E-state index in [1.165, 1.54) is 11.0 Å². The highest BCUT2D eigenvalue weighted by Crippen LogP contribution is 2.30. The van der Waals surface area contributed by atoms with Gasteiger partial charge in [0.15, 0.2) is 0 Å². The van der Waals surface area contributed by atoms with Gasteiger partial charge in [-0.15, -0.1) is 0 Å². The number of aliphatic hydroxyl groups excluding tert-OH is 1. The van der Waals surface area contributed by atoms with Gasteiger partial charge < -0.3 is 10.0 Å². The highest BCUT2D eigenvalue weighted by atomic mass is 19.4. The summed E-state index contributed by atoms with van der Waals surface area (Å²) in [5.41, 5.74) is 0.628. The van der Waals surface area contributed by atoms with Crippen molar-refractivity contribution in [3.05, 3.63) is 71.2 Å². The van der Waals surface area contributed by atoms with Crippen LogP contribution in [0.3, 0.4) is 0 Å². The van der Waals surface area contributed by atoms with Crippen molar-refractivity contribution in [2.24, 2.45) is 0 Å². The maximum absolute atomic E-state index is 13.1. The van der Waals surface area contributed by atoms with Crippen LogP contribution in [0.25, 0.3) is 5.65 Å². The Kier molecular flexibility index (Phi) is 5.18. The van der Waals surface area contributed by atoms with Crippen LogP contribution in [-0.4, -0.2) is 38.4 Å². The molecule has 5 nitrogen and oxygen atoms in total. The molecule has 0 aliphatic heterocycles. The second kappa shape index (κ2) is 7.40. The van der Waals surface area contributed by atoms with Gasteiger partial charge in [-0.05, 0) is 24.6 Å². The quantitative estimate of drug-likeness (QED) is 0.742. The van der Waals surface area contributed by atoms with E-state index in [4.69, 9.17) is 0 Å². The first-order valence-electron chi connectivity index (χ1n) is 8.31. The molecule has 0 radical (unpaired) electrons. The molecule has 3 rings (SSSR count). The van der Waals surface area contributed by atoms with Crippen molar-refractivity contribution in [3.63, 3.8) is 0 Å². The minimum atomic E-state index is -4.53. The molecule has 0 saturated heterocycles. The maximum atomic E-state index is 13.1. The van der Waals surface area contributed by atoms with Crippen LogP contribution in [0.5, 0.6) is 0 Å². The number of rotatable bonds is 5. The summed E-state index contributed by atoms with van der Waals surface area (Å²) in [6.45, 7) is 1.60. The minimum absolute atomic E-state index is 0.0549. The van der Waals surface area contributed by atoms with Crippen molar-refractivity contribution >= 4 is 11.6 Å². The molecule has 3 aromatic rings. The molecule has 27 heavy (non-hydrogen) atoms. The third kappa shape index (κ3) is 3.95. The Balaban J connectivity index is 2.03. The number of halogens is 3. The Hall–Kier alpha value is -2.87.